The molecule has 164 valence electrons. The first-order chi connectivity index (χ1) is 14.9. The second-order valence-electron chi connectivity index (χ2n) is 7.86. The van der Waals surface area contributed by atoms with Gasteiger partial charge in [0, 0.05) is 35.9 Å². The van der Waals surface area contributed by atoms with E-state index in [0.717, 1.165) is 31.0 Å². The van der Waals surface area contributed by atoms with Gasteiger partial charge in [-0.15, -0.1) is 0 Å². The molecule has 1 fully saturated rings. The number of likely N-dealkylation sites (tertiary alicyclic amines) is 1. The normalized spacial score (nSPS) is 17.7. The number of rotatable bonds is 7. The predicted molar refractivity (Wildman–Crippen MR) is 118 cm³/mol. The molecule has 4 rings (SSSR count). The van der Waals surface area contributed by atoms with E-state index < -0.39 is 11.9 Å². The van der Waals surface area contributed by atoms with Crippen molar-refractivity contribution < 1.29 is 9.18 Å². The zero-order valence-corrected chi connectivity index (χ0v) is 18.2. The van der Waals surface area contributed by atoms with Gasteiger partial charge in [-0.1, -0.05) is 11.6 Å². The van der Waals surface area contributed by atoms with Crippen molar-refractivity contribution in [3.63, 3.8) is 0 Å². The molecule has 0 saturated carbocycles. The van der Waals surface area contributed by atoms with E-state index >= 15 is 0 Å². The Bertz CT molecular complexity index is 1090. The Kier molecular flexibility index (Phi) is 6.33. The lowest BCUT2D eigenvalue weighted by Gasteiger charge is -2.20. The molecule has 4 heterocycles. The van der Waals surface area contributed by atoms with Crippen molar-refractivity contribution in [2.45, 2.75) is 38.3 Å². The average molecular weight is 446 g/mol. The Morgan fingerprint density at radius 3 is 3.03 bits per heavy atom. The molecule has 0 spiro atoms. The van der Waals surface area contributed by atoms with Gasteiger partial charge in [0.05, 0.1) is 11.2 Å². The molecule has 3 N–H and O–H groups in total. The number of halogens is 2. The molecule has 1 aliphatic heterocycles. The highest BCUT2D eigenvalue weighted by molar-refractivity contribution is 6.31. The van der Waals surface area contributed by atoms with E-state index in [0.29, 0.717) is 34.6 Å². The fourth-order valence-corrected chi connectivity index (χ4v) is 4.05. The standard InChI is InChI=1S/C21H25ClFN7O/c1-12(21(31)24-6-5-14-4-3-7-30(14)2)28-20-17(23)11-27-19(29-20)16-10-26-18-15(16)8-13(22)9-25-18/h8-12,14H,3-7H2,1-2H3,(H,24,31)(H,25,26)(H,27,28,29)/t12-,14?/m0/s1. The van der Waals surface area contributed by atoms with Crippen molar-refractivity contribution >= 4 is 34.4 Å². The van der Waals surface area contributed by atoms with Crippen molar-refractivity contribution in [1.29, 1.82) is 0 Å². The highest BCUT2D eigenvalue weighted by Crippen LogP contribution is 2.28. The molecule has 3 aromatic heterocycles. The number of hydrogen-bond donors (Lipinski definition) is 3. The lowest BCUT2D eigenvalue weighted by Crippen LogP contribution is -2.40. The minimum absolute atomic E-state index is 0.0347. The maximum atomic E-state index is 14.3. The number of aromatic amines is 1. The molecule has 1 saturated heterocycles. The van der Waals surface area contributed by atoms with Crippen LogP contribution in [0.4, 0.5) is 10.2 Å². The first-order valence-electron chi connectivity index (χ1n) is 10.3. The molecule has 1 amide bonds. The molecule has 8 nitrogen and oxygen atoms in total. The van der Waals surface area contributed by atoms with Crippen LogP contribution in [-0.2, 0) is 4.79 Å². The number of H-pyrrole nitrogens is 1. The van der Waals surface area contributed by atoms with Crippen LogP contribution < -0.4 is 10.6 Å². The van der Waals surface area contributed by atoms with E-state index in [4.69, 9.17) is 11.6 Å². The Morgan fingerprint density at radius 2 is 2.26 bits per heavy atom. The molecule has 10 heteroatoms. The van der Waals surface area contributed by atoms with E-state index in [2.05, 4.69) is 42.5 Å². The second-order valence-corrected chi connectivity index (χ2v) is 8.30. The quantitative estimate of drug-likeness (QED) is 0.516. The summed E-state index contributed by atoms with van der Waals surface area (Å²) in [4.78, 5) is 30.4. The van der Waals surface area contributed by atoms with Gasteiger partial charge < -0.3 is 20.5 Å². The van der Waals surface area contributed by atoms with Crippen molar-refractivity contribution in [2.75, 3.05) is 25.5 Å². The minimum Gasteiger partial charge on any atom is -0.356 e. The van der Waals surface area contributed by atoms with Crippen LogP contribution in [0.15, 0.2) is 24.7 Å². The number of carbonyl (C=O) groups is 1. The van der Waals surface area contributed by atoms with E-state index in [1.807, 2.05) is 0 Å². The average Bonchev–Trinajstić information content (AvgIpc) is 3.35. The number of carbonyl (C=O) groups excluding carboxylic acids is 1. The number of nitrogens with zero attached hydrogens (tertiary/aromatic N) is 4. The minimum atomic E-state index is -0.655. The molecule has 1 unspecified atom stereocenters. The summed E-state index contributed by atoms with van der Waals surface area (Å²) in [5.41, 5.74) is 1.27. The molecule has 31 heavy (non-hydrogen) atoms. The molecule has 1 aliphatic rings. The second kappa shape index (κ2) is 9.15. The molecular formula is C21H25ClFN7O. The van der Waals surface area contributed by atoms with E-state index in [9.17, 15) is 9.18 Å². The first kappa shape index (κ1) is 21.5. The van der Waals surface area contributed by atoms with Crippen LogP contribution in [-0.4, -0.2) is 63.0 Å². The Balaban J connectivity index is 1.43. The van der Waals surface area contributed by atoms with Gasteiger partial charge in [-0.05, 0) is 45.8 Å². The maximum absolute atomic E-state index is 14.3. The van der Waals surface area contributed by atoms with Gasteiger partial charge in [0.15, 0.2) is 17.5 Å². The van der Waals surface area contributed by atoms with E-state index in [1.165, 1.54) is 12.6 Å². The van der Waals surface area contributed by atoms with Crippen molar-refractivity contribution in [2.24, 2.45) is 0 Å². The number of aromatic nitrogens is 4. The number of hydrogen-bond acceptors (Lipinski definition) is 6. The summed E-state index contributed by atoms with van der Waals surface area (Å²) in [7, 11) is 2.11. The largest absolute Gasteiger partial charge is 0.356 e. The highest BCUT2D eigenvalue weighted by Gasteiger charge is 2.22. The van der Waals surface area contributed by atoms with Crippen LogP contribution in [0.5, 0.6) is 0 Å². The van der Waals surface area contributed by atoms with Crippen LogP contribution in [0.25, 0.3) is 22.4 Å². The van der Waals surface area contributed by atoms with Gasteiger partial charge >= 0.3 is 0 Å². The third-order valence-electron chi connectivity index (χ3n) is 5.68. The van der Waals surface area contributed by atoms with Crippen molar-refractivity contribution in [3.05, 3.63) is 35.5 Å². The lowest BCUT2D eigenvalue weighted by atomic mass is 10.1. The van der Waals surface area contributed by atoms with Gasteiger partial charge in [0.1, 0.15) is 11.7 Å². The van der Waals surface area contributed by atoms with Gasteiger partial charge in [-0.25, -0.2) is 19.3 Å². The molecule has 0 bridgehead atoms. The zero-order chi connectivity index (χ0) is 22.0. The molecular weight excluding hydrogens is 421 g/mol. The van der Waals surface area contributed by atoms with Gasteiger partial charge in [0.2, 0.25) is 5.91 Å². The number of pyridine rings is 1. The number of fused-ring (bicyclic) bond motifs is 1. The molecule has 0 radical (unpaired) electrons. The summed E-state index contributed by atoms with van der Waals surface area (Å²) in [6, 6.07) is 1.59. The van der Waals surface area contributed by atoms with Gasteiger partial charge in [-0.2, -0.15) is 0 Å². The van der Waals surface area contributed by atoms with E-state index in [-0.39, 0.29) is 11.7 Å². The first-order valence-corrected chi connectivity index (χ1v) is 10.7. The number of anilines is 1. The monoisotopic (exact) mass is 445 g/mol. The van der Waals surface area contributed by atoms with Crippen LogP contribution in [0, 0.1) is 5.82 Å². The topological polar surface area (TPSA) is 98.8 Å². The summed E-state index contributed by atoms with van der Waals surface area (Å²) >= 11 is 6.05. The van der Waals surface area contributed by atoms with E-state index in [1.54, 1.807) is 19.2 Å². The highest BCUT2D eigenvalue weighted by atomic mass is 35.5. The summed E-state index contributed by atoms with van der Waals surface area (Å²) in [6.45, 7) is 3.36. The Labute approximate surface area is 184 Å². The smallest absolute Gasteiger partial charge is 0.242 e. The van der Waals surface area contributed by atoms with Gasteiger partial charge in [-0.3, -0.25) is 4.79 Å². The van der Waals surface area contributed by atoms with Gasteiger partial charge in [0.25, 0.3) is 0 Å². The summed E-state index contributed by atoms with van der Waals surface area (Å²) in [5, 5.41) is 6.98. The lowest BCUT2D eigenvalue weighted by molar-refractivity contribution is -0.121. The Morgan fingerprint density at radius 1 is 1.42 bits per heavy atom. The molecule has 0 aliphatic carbocycles. The van der Waals surface area contributed by atoms with Crippen molar-refractivity contribution in [3.8, 4) is 11.4 Å². The third kappa shape index (κ3) is 4.77. The van der Waals surface area contributed by atoms with Crippen LogP contribution in [0.3, 0.4) is 0 Å². The maximum Gasteiger partial charge on any atom is 0.242 e. The Hall–Kier alpha value is -2.78. The van der Waals surface area contributed by atoms with Crippen LogP contribution in [0.2, 0.25) is 5.02 Å². The SMILES string of the molecule is C[C@H](Nc1nc(-c2c[nH]c3ncc(Cl)cc23)ncc1F)C(=O)NCCC1CCCN1C. The summed E-state index contributed by atoms with van der Waals surface area (Å²) in [5.74, 6) is -0.570. The number of nitrogens with one attached hydrogen (secondary N) is 3. The molecule has 2 atom stereocenters. The van der Waals surface area contributed by atoms with Crippen LogP contribution >= 0.6 is 11.6 Å². The fraction of sp³-hybridized carbons (Fsp3) is 0.429. The van der Waals surface area contributed by atoms with Crippen LogP contribution in [0.1, 0.15) is 26.2 Å². The predicted octanol–water partition coefficient (Wildman–Crippen LogP) is 3.21. The van der Waals surface area contributed by atoms with Crippen molar-refractivity contribution in [1.82, 2.24) is 30.2 Å². The zero-order valence-electron chi connectivity index (χ0n) is 17.5. The molecule has 3 aromatic rings. The summed E-state index contributed by atoms with van der Waals surface area (Å²) < 4.78 is 14.3. The summed E-state index contributed by atoms with van der Waals surface area (Å²) in [6.07, 6.45) is 7.57. The fourth-order valence-electron chi connectivity index (χ4n) is 3.89. The third-order valence-corrected chi connectivity index (χ3v) is 5.88. The number of amides is 1. The molecule has 0 aromatic carbocycles.